The van der Waals surface area contributed by atoms with Crippen LogP contribution in [0, 0.1) is 17.8 Å². The van der Waals surface area contributed by atoms with E-state index in [1.54, 1.807) is 17.6 Å². The van der Waals surface area contributed by atoms with Crippen molar-refractivity contribution in [2.24, 2.45) is 22.9 Å². The first-order valence-corrected chi connectivity index (χ1v) is 7.95. The highest BCUT2D eigenvalue weighted by Crippen LogP contribution is 2.55. The Morgan fingerprint density at radius 1 is 1.39 bits per heavy atom. The van der Waals surface area contributed by atoms with Crippen LogP contribution in [-0.4, -0.2) is 12.1 Å². The number of nitrogens with one attached hydrogen (secondary N) is 1. The van der Waals surface area contributed by atoms with Crippen molar-refractivity contribution in [2.75, 3.05) is 0 Å². The molecule has 2 aliphatic rings. The van der Waals surface area contributed by atoms with Gasteiger partial charge in [0.25, 0.3) is 0 Å². The minimum Gasteiger partial charge on any atom is -0.273 e. The Morgan fingerprint density at radius 3 is 2.72 bits per heavy atom. The van der Waals surface area contributed by atoms with E-state index in [1.807, 2.05) is 12.1 Å². The summed E-state index contributed by atoms with van der Waals surface area (Å²) in [5.74, 6) is 1.63. The Hall–Kier alpha value is -0.680. The molecule has 96 valence electrons. The minimum atomic E-state index is 0.110. The number of thiophene rings is 1. The number of hydrogen-bond acceptors (Lipinski definition) is 3. The van der Waals surface area contributed by atoms with E-state index in [0.717, 1.165) is 8.66 Å². The second-order valence-electron chi connectivity index (χ2n) is 5.01. The van der Waals surface area contributed by atoms with Crippen LogP contribution in [0.25, 0.3) is 0 Å². The summed E-state index contributed by atoms with van der Waals surface area (Å²) in [6, 6.07) is 3.95. The minimum absolute atomic E-state index is 0.110. The normalized spacial score (nSPS) is 30.2. The van der Waals surface area contributed by atoms with Gasteiger partial charge in [-0.1, -0.05) is 12.8 Å². The molecular weight excluding hydrogens is 312 g/mol. The van der Waals surface area contributed by atoms with Crippen molar-refractivity contribution in [2.45, 2.75) is 25.7 Å². The number of nitrogens with zero attached hydrogens (tertiary/aromatic N) is 1. The first-order chi connectivity index (χ1) is 8.75. The molecule has 0 aliphatic heterocycles. The summed E-state index contributed by atoms with van der Waals surface area (Å²) in [5.41, 5.74) is 2.68. The molecule has 0 bridgehead atoms. The largest absolute Gasteiger partial charge is 0.273 e. The summed E-state index contributed by atoms with van der Waals surface area (Å²) < 4.78 is 1.07. The highest BCUT2D eigenvalue weighted by Gasteiger charge is 2.54. The fourth-order valence-electron chi connectivity index (χ4n) is 3.01. The molecule has 2 fully saturated rings. The third-order valence-electron chi connectivity index (χ3n) is 3.92. The zero-order valence-corrected chi connectivity index (χ0v) is 12.3. The Kier molecular flexibility index (Phi) is 3.52. The number of hydrogen-bond donors (Lipinski definition) is 1. The molecule has 2 atom stereocenters. The average Bonchev–Trinajstić information content (AvgIpc) is 2.97. The fourth-order valence-corrected chi connectivity index (χ4v) is 4.31. The van der Waals surface area contributed by atoms with Crippen molar-refractivity contribution in [3.05, 3.63) is 20.8 Å². The van der Waals surface area contributed by atoms with Crippen molar-refractivity contribution in [1.82, 2.24) is 5.43 Å². The molecule has 1 amide bonds. The van der Waals surface area contributed by atoms with Gasteiger partial charge >= 0.3 is 0 Å². The van der Waals surface area contributed by atoms with E-state index in [-0.39, 0.29) is 11.8 Å². The predicted octanol–water partition coefficient (Wildman–Crippen LogP) is 3.40. The number of carbonyl (C=O) groups is 1. The third-order valence-corrected chi connectivity index (χ3v) is 5.48. The predicted molar refractivity (Wildman–Crippen MR) is 76.7 cm³/mol. The van der Waals surface area contributed by atoms with Gasteiger partial charge in [-0.3, -0.25) is 4.79 Å². The Labute approximate surface area is 119 Å². The van der Waals surface area contributed by atoms with Gasteiger partial charge < -0.3 is 0 Å². The standard InChI is InChI=1S/C13H15BrN2OS/c14-11-6-5-8(18-11)7-15-16-13(17)12-9-3-1-2-4-10(9)12/h5-7,9-10,12H,1-4H2,(H,16,17)/b15-7+/t9-,10-/m0/s1. The van der Waals surface area contributed by atoms with Crippen molar-refractivity contribution in [3.8, 4) is 0 Å². The lowest BCUT2D eigenvalue weighted by atomic mass is 10.0. The number of rotatable bonds is 3. The van der Waals surface area contributed by atoms with Gasteiger partial charge in [-0.2, -0.15) is 5.10 Å². The molecule has 1 N–H and O–H groups in total. The zero-order valence-electron chi connectivity index (χ0n) is 9.93. The Morgan fingerprint density at radius 2 is 2.11 bits per heavy atom. The molecule has 5 heteroatoms. The highest BCUT2D eigenvalue weighted by atomic mass is 79.9. The molecule has 2 saturated carbocycles. The summed E-state index contributed by atoms with van der Waals surface area (Å²) >= 11 is 5.00. The molecule has 18 heavy (non-hydrogen) atoms. The van der Waals surface area contributed by atoms with Crippen molar-refractivity contribution in [3.63, 3.8) is 0 Å². The summed E-state index contributed by atoms with van der Waals surface area (Å²) in [4.78, 5) is 13.0. The molecule has 0 spiro atoms. The van der Waals surface area contributed by atoms with Crippen LogP contribution in [0.4, 0.5) is 0 Å². The van der Waals surface area contributed by atoms with E-state index in [9.17, 15) is 4.79 Å². The first kappa shape index (κ1) is 12.4. The molecule has 1 aromatic rings. The molecule has 2 aliphatic carbocycles. The molecule has 0 aromatic carbocycles. The number of fused-ring (bicyclic) bond motifs is 1. The van der Waals surface area contributed by atoms with E-state index in [1.165, 1.54) is 25.7 Å². The maximum atomic E-state index is 11.9. The van der Waals surface area contributed by atoms with E-state index >= 15 is 0 Å². The van der Waals surface area contributed by atoms with Crippen LogP contribution in [0.3, 0.4) is 0 Å². The SMILES string of the molecule is O=C(N/N=C/c1ccc(Br)s1)C1[C@H]2CCCC[C@H]12. The lowest BCUT2D eigenvalue weighted by Gasteiger charge is -2.04. The summed E-state index contributed by atoms with van der Waals surface area (Å²) in [5, 5.41) is 4.04. The van der Waals surface area contributed by atoms with Crippen LogP contribution in [0.1, 0.15) is 30.6 Å². The number of amides is 1. The highest BCUT2D eigenvalue weighted by molar-refractivity contribution is 9.11. The van der Waals surface area contributed by atoms with Crippen LogP contribution in [-0.2, 0) is 4.79 Å². The molecule has 0 saturated heterocycles. The fraction of sp³-hybridized carbons (Fsp3) is 0.538. The monoisotopic (exact) mass is 326 g/mol. The third kappa shape index (κ3) is 2.52. The smallest absolute Gasteiger partial charge is 0.243 e. The first-order valence-electron chi connectivity index (χ1n) is 6.34. The van der Waals surface area contributed by atoms with Crippen molar-refractivity contribution >= 4 is 39.4 Å². The summed E-state index contributed by atoms with van der Waals surface area (Å²) in [6.45, 7) is 0. The second-order valence-corrected chi connectivity index (χ2v) is 7.51. The van der Waals surface area contributed by atoms with Crippen LogP contribution in [0.5, 0.6) is 0 Å². The van der Waals surface area contributed by atoms with E-state index in [0.29, 0.717) is 11.8 Å². The molecule has 0 radical (unpaired) electrons. The second kappa shape index (κ2) is 5.13. The van der Waals surface area contributed by atoms with Gasteiger partial charge in [0.15, 0.2) is 0 Å². The van der Waals surface area contributed by atoms with Gasteiger partial charge in [0, 0.05) is 10.8 Å². The van der Waals surface area contributed by atoms with Gasteiger partial charge in [-0.05, 0) is 52.7 Å². The van der Waals surface area contributed by atoms with Gasteiger partial charge in [-0.25, -0.2) is 5.43 Å². The van der Waals surface area contributed by atoms with Gasteiger partial charge in [0.2, 0.25) is 5.91 Å². The van der Waals surface area contributed by atoms with E-state index in [4.69, 9.17) is 0 Å². The number of carbonyl (C=O) groups excluding carboxylic acids is 1. The Balaban J connectivity index is 1.51. The molecular formula is C13H15BrN2OS. The van der Waals surface area contributed by atoms with Crippen LogP contribution in [0.2, 0.25) is 0 Å². The molecule has 3 nitrogen and oxygen atoms in total. The van der Waals surface area contributed by atoms with Gasteiger partial charge in [-0.15, -0.1) is 11.3 Å². The van der Waals surface area contributed by atoms with Crippen molar-refractivity contribution < 1.29 is 4.79 Å². The van der Waals surface area contributed by atoms with Crippen LogP contribution >= 0.6 is 27.3 Å². The number of halogens is 1. The zero-order chi connectivity index (χ0) is 12.5. The van der Waals surface area contributed by atoms with E-state index in [2.05, 4.69) is 26.5 Å². The molecule has 0 unspecified atom stereocenters. The maximum absolute atomic E-state index is 11.9. The summed E-state index contributed by atoms with van der Waals surface area (Å²) in [6.07, 6.45) is 6.74. The quantitative estimate of drug-likeness (QED) is 0.671. The molecule has 1 aromatic heterocycles. The van der Waals surface area contributed by atoms with Crippen molar-refractivity contribution in [1.29, 1.82) is 0 Å². The van der Waals surface area contributed by atoms with E-state index < -0.39 is 0 Å². The lowest BCUT2D eigenvalue weighted by molar-refractivity contribution is -0.122. The van der Waals surface area contributed by atoms with Gasteiger partial charge in [0.1, 0.15) is 0 Å². The van der Waals surface area contributed by atoms with Gasteiger partial charge in [0.05, 0.1) is 10.0 Å². The molecule has 1 heterocycles. The topological polar surface area (TPSA) is 41.5 Å². The Bertz CT molecular complexity index is 473. The number of hydrazone groups is 1. The lowest BCUT2D eigenvalue weighted by Crippen LogP contribution is -2.20. The van der Waals surface area contributed by atoms with Crippen LogP contribution in [0.15, 0.2) is 21.0 Å². The van der Waals surface area contributed by atoms with Crippen LogP contribution < -0.4 is 5.43 Å². The maximum Gasteiger partial charge on any atom is 0.243 e. The molecule has 3 rings (SSSR count). The average molecular weight is 327 g/mol. The summed E-state index contributed by atoms with van der Waals surface area (Å²) in [7, 11) is 0.